The van der Waals surface area contributed by atoms with Crippen LogP contribution in [0.3, 0.4) is 0 Å². The highest BCUT2D eigenvalue weighted by Gasteiger charge is 2.19. The van der Waals surface area contributed by atoms with Crippen LogP contribution in [-0.4, -0.2) is 37.2 Å². The van der Waals surface area contributed by atoms with E-state index in [-0.39, 0.29) is 31.6 Å². The third-order valence-electron chi connectivity index (χ3n) is 9.21. The number of unbranched alkanes of at least 4 members (excludes halogenated alkanes) is 17. The van der Waals surface area contributed by atoms with E-state index in [4.69, 9.17) is 14.2 Å². The molecule has 0 saturated carbocycles. The number of hydrogen-bond acceptors (Lipinski definition) is 6. The summed E-state index contributed by atoms with van der Waals surface area (Å²) in [6.45, 7) is 6.28. The van der Waals surface area contributed by atoms with Gasteiger partial charge in [-0.25, -0.2) is 0 Å². The van der Waals surface area contributed by atoms with Crippen molar-refractivity contribution in [3.05, 3.63) is 97.2 Å². The van der Waals surface area contributed by atoms with Gasteiger partial charge in [-0.1, -0.05) is 214 Å². The molecule has 0 fully saturated rings. The number of rotatable bonds is 39. The van der Waals surface area contributed by atoms with Gasteiger partial charge < -0.3 is 14.2 Å². The van der Waals surface area contributed by atoms with Crippen LogP contribution in [0.1, 0.15) is 188 Å². The molecule has 0 radical (unpaired) electrons. The van der Waals surface area contributed by atoms with E-state index in [2.05, 4.69) is 69.4 Å². The first kappa shape index (κ1) is 53.3. The molecule has 0 bridgehead atoms. The molecule has 0 saturated heterocycles. The molecule has 0 rings (SSSR count). The summed E-state index contributed by atoms with van der Waals surface area (Å²) in [7, 11) is 0. The van der Waals surface area contributed by atoms with Gasteiger partial charge in [-0.2, -0.15) is 0 Å². The molecule has 322 valence electrons. The highest BCUT2D eigenvalue weighted by molar-refractivity contribution is 5.72. The molecule has 0 aliphatic carbocycles. The molecule has 0 aromatic rings. The molecule has 1 unspecified atom stereocenters. The SMILES string of the molecule is CC/C=C\C/C=C\C/C=C\CC(=O)OCC(COC(=O)CCCCCCC\C=C/C=C\C=C/C=C\C=C/CCC)OC(=O)CCCCCCCCCCCCCC. The first-order chi connectivity index (χ1) is 28.0. The number of carbonyl (C=O) groups excluding carboxylic acids is 3. The van der Waals surface area contributed by atoms with Crippen molar-refractivity contribution in [2.75, 3.05) is 13.2 Å². The summed E-state index contributed by atoms with van der Waals surface area (Å²) in [5, 5.41) is 0. The van der Waals surface area contributed by atoms with Crippen LogP contribution in [0.25, 0.3) is 0 Å². The largest absolute Gasteiger partial charge is 0.462 e. The lowest BCUT2D eigenvalue weighted by molar-refractivity contribution is -0.166. The summed E-state index contributed by atoms with van der Waals surface area (Å²) in [4.78, 5) is 37.6. The summed E-state index contributed by atoms with van der Waals surface area (Å²) in [6.07, 6.45) is 58.4. The van der Waals surface area contributed by atoms with Gasteiger partial charge in [0.1, 0.15) is 13.2 Å². The molecule has 0 heterocycles. The van der Waals surface area contributed by atoms with Crippen molar-refractivity contribution in [3.8, 4) is 0 Å². The van der Waals surface area contributed by atoms with Crippen molar-refractivity contribution in [2.24, 2.45) is 0 Å². The molecular weight excluding hydrogens is 709 g/mol. The maximum absolute atomic E-state index is 12.7. The van der Waals surface area contributed by atoms with Crippen LogP contribution >= 0.6 is 0 Å². The zero-order valence-corrected chi connectivity index (χ0v) is 36.6. The molecule has 6 heteroatoms. The van der Waals surface area contributed by atoms with Crippen LogP contribution in [-0.2, 0) is 28.6 Å². The lowest BCUT2D eigenvalue weighted by Gasteiger charge is -2.18. The summed E-state index contributed by atoms with van der Waals surface area (Å²) in [5.41, 5.74) is 0. The Kier molecular flexibility index (Phi) is 42.1. The average molecular weight is 791 g/mol. The standard InChI is InChI=1S/C51H82O6/c1-4-7-10-13-16-19-21-23-24-25-26-27-28-30-32-35-38-41-44-50(53)56-47-48(46-55-49(52)43-40-37-34-31-18-15-12-9-6-3)57-51(54)45-42-39-36-33-29-22-20-17-14-11-8-5-2/h9-10,12-13,16,18-19,21,23-27,31,37,40,48H,4-8,11,14-15,17,20,22,28-30,32-36,38-39,41-47H2,1-3H3/b12-9-,13-10-,19-16-,23-21-,25-24-,27-26-,31-18-,40-37-. The molecule has 57 heavy (non-hydrogen) atoms. The monoisotopic (exact) mass is 791 g/mol. The fourth-order valence-corrected chi connectivity index (χ4v) is 5.83. The Balaban J connectivity index is 4.47. The molecule has 0 aliphatic heterocycles. The molecule has 0 amide bonds. The van der Waals surface area contributed by atoms with Gasteiger partial charge in [-0.15, -0.1) is 0 Å². The lowest BCUT2D eigenvalue weighted by atomic mass is 10.0. The molecule has 0 spiro atoms. The third-order valence-corrected chi connectivity index (χ3v) is 9.21. The number of carbonyl (C=O) groups is 3. The highest BCUT2D eigenvalue weighted by Crippen LogP contribution is 2.14. The Morgan fingerprint density at radius 3 is 1.39 bits per heavy atom. The van der Waals surface area contributed by atoms with Crippen molar-refractivity contribution < 1.29 is 28.6 Å². The van der Waals surface area contributed by atoms with E-state index in [1.807, 2.05) is 42.5 Å². The fraction of sp³-hybridized carbons (Fsp3) is 0.627. The molecule has 1 atom stereocenters. The van der Waals surface area contributed by atoms with Crippen molar-refractivity contribution in [1.29, 1.82) is 0 Å². The van der Waals surface area contributed by atoms with E-state index in [9.17, 15) is 14.4 Å². The lowest BCUT2D eigenvalue weighted by Crippen LogP contribution is -2.30. The van der Waals surface area contributed by atoms with E-state index in [0.29, 0.717) is 12.8 Å². The van der Waals surface area contributed by atoms with Crippen molar-refractivity contribution >= 4 is 17.9 Å². The zero-order chi connectivity index (χ0) is 41.5. The quantitative estimate of drug-likeness (QED) is 0.0203. The number of ether oxygens (including phenoxy) is 3. The third kappa shape index (κ3) is 43.3. The predicted molar refractivity (Wildman–Crippen MR) is 242 cm³/mol. The second-order valence-corrected chi connectivity index (χ2v) is 14.7. The Morgan fingerprint density at radius 1 is 0.404 bits per heavy atom. The summed E-state index contributed by atoms with van der Waals surface area (Å²) >= 11 is 0. The number of allylic oxidation sites excluding steroid dienone is 15. The van der Waals surface area contributed by atoms with E-state index >= 15 is 0 Å². The zero-order valence-electron chi connectivity index (χ0n) is 36.6. The molecular formula is C51H82O6. The van der Waals surface area contributed by atoms with Gasteiger partial charge in [0.15, 0.2) is 6.10 Å². The maximum atomic E-state index is 12.7. The van der Waals surface area contributed by atoms with E-state index < -0.39 is 12.1 Å². The summed E-state index contributed by atoms with van der Waals surface area (Å²) < 4.78 is 16.6. The Hall–Kier alpha value is -3.67. The summed E-state index contributed by atoms with van der Waals surface area (Å²) in [5.74, 6) is -1.08. The first-order valence-electron chi connectivity index (χ1n) is 22.8. The molecule has 6 nitrogen and oxygen atoms in total. The van der Waals surface area contributed by atoms with Crippen molar-refractivity contribution in [2.45, 2.75) is 194 Å². The van der Waals surface area contributed by atoms with Crippen LogP contribution in [0, 0.1) is 0 Å². The number of esters is 3. The Morgan fingerprint density at radius 2 is 0.842 bits per heavy atom. The summed E-state index contributed by atoms with van der Waals surface area (Å²) in [6, 6.07) is 0. The minimum absolute atomic E-state index is 0.118. The van der Waals surface area contributed by atoms with Gasteiger partial charge >= 0.3 is 17.9 Å². The van der Waals surface area contributed by atoms with Crippen LogP contribution in [0.4, 0.5) is 0 Å². The normalized spacial score (nSPS) is 13.0. The van der Waals surface area contributed by atoms with E-state index in [1.54, 1.807) is 6.08 Å². The van der Waals surface area contributed by atoms with Crippen LogP contribution < -0.4 is 0 Å². The predicted octanol–water partition coefficient (Wildman–Crippen LogP) is 14.6. The molecule has 0 aromatic heterocycles. The van der Waals surface area contributed by atoms with Crippen LogP contribution in [0.15, 0.2) is 97.2 Å². The minimum Gasteiger partial charge on any atom is -0.462 e. The second-order valence-electron chi connectivity index (χ2n) is 14.7. The smallest absolute Gasteiger partial charge is 0.309 e. The topological polar surface area (TPSA) is 78.9 Å². The van der Waals surface area contributed by atoms with Crippen LogP contribution in [0.5, 0.6) is 0 Å². The van der Waals surface area contributed by atoms with Crippen LogP contribution in [0.2, 0.25) is 0 Å². The second kappa shape index (κ2) is 45.0. The van der Waals surface area contributed by atoms with E-state index in [1.165, 1.54) is 64.2 Å². The van der Waals surface area contributed by atoms with E-state index in [0.717, 1.165) is 83.5 Å². The molecule has 0 aromatic carbocycles. The van der Waals surface area contributed by atoms with Gasteiger partial charge in [0.2, 0.25) is 0 Å². The van der Waals surface area contributed by atoms with Gasteiger partial charge in [0, 0.05) is 12.8 Å². The maximum Gasteiger partial charge on any atom is 0.309 e. The first-order valence-corrected chi connectivity index (χ1v) is 22.8. The molecule has 0 aliphatic rings. The highest BCUT2D eigenvalue weighted by atomic mass is 16.6. The number of hydrogen-bond donors (Lipinski definition) is 0. The molecule has 0 N–H and O–H groups in total. The van der Waals surface area contributed by atoms with Gasteiger partial charge in [-0.3, -0.25) is 14.4 Å². The Labute approximate surface area is 349 Å². The fourth-order valence-electron chi connectivity index (χ4n) is 5.83. The van der Waals surface area contributed by atoms with Crippen molar-refractivity contribution in [3.63, 3.8) is 0 Å². The minimum atomic E-state index is -0.820. The van der Waals surface area contributed by atoms with Gasteiger partial charge in [0.25, 0.3) is 0 Å². The Bertz CT molecular complexity index is 1180. The van der Waals surface area contributed by atoms with Gasteiger partial charge in [0.05, 0.1) is 6.42 Å². The van der Waals surface area contributed by atoms with Gasteiger partial charge in [-0.05, 0) is 51.4 Å². The van der Waals surface area contributed by atoms with Crippen molar-refractivity contribution in [1.82, 2.24) is 0 Å². The average Bonchev–Trinajstić information content (AvgIpc) is 3.21.